The van der Waals surface area contributed by atoms with Crippen LogP contribution in [0.25, 0.3) is 11.4 Å². The van der Waals surface area contributed by atoms with Gasteiger partial charge >= 0.3 is 0 Å². The lowest BCUT2D eigenvalue weighted by atomic mass is 10.0. The smallest absolute Gasteiger partial charge is 0.173 e. The number of nitrogens with two attached hydrogens (primary N) is 1. The van der Waals surface area contributed by atoms with E-state index >= 15 is 0 Å². The average Bonchev–Trinajstić information content (AvgIpc) is 2.97. The van der Waals surface area contributed by atoms with Gasteiger partial charge in [0.15, 0.2) is 17.8 Å². The normalized spacial score (nSPS) is 12.4. The molecule has 5 heteroatoms. The minimum atomic E-state index is -0.206. The van der Waals surface area contributed by atoms with E-state index in [1.807, 2.05) is 54.9 Å². The van der Waals surface area contributed by atoms with Crippen LogP contribution in [-0.4, -0.2) is 14.8 Å². The number of ether oxygens (including phenoxy) is 1. The molecule has 0 saturated carbocycles. The number of benzene rings is 2. The Morgan fingerprint density at radius 2 is 1.72 bits per heavy atom. The molecule has 130 valence electrons. The second kappa shape index (κ2) is 6.97. The average molecular weight is 336 g/mol. The lowest BCUT2D eigenvalue weighted by Gasteiger charge is -2.16. The van der Waals surface area contributed by atoms with Crippen molar-refractivity contribution in [2.45, 2.75) is 32.8 Å². The molecule has 1 heterocycles. The van der Waals surface area contributed by atoms with Crippen molar-refractivity contribution in [3.8, 4) is 17.1 Å². The molecule has 25 heavy (non-hydrogen) atoms. The van der Waals surface area contributed by atoms with Gasteiger partial charge < -0.3 is 15.0 Å². The molecular weight excluding hydrogens is 312 g/mol. The Hall–Kier alpha value is -2.82. The fourth-order valence-electron chi connectivity index (χ4n) is 2.78. The summed E-state index contributed by atoms with van der Waals surface area (Å²) in [6.45, 7) is 6.33. The van der Waals surface area contributed by atoms with Crippen LogP contribution < -0.4 is 10.5 Å². The second-order valence-corrected chi connectivity index (χ2v) is 6.55. The highest BCUT2D eigenvalue weighted by atomic mass is 16.5. The number of nitrogens with zero attached hydrogens (tertiary/aromatic N) is 3. The first-order valence-corrected chi connectivity index (χ1v) is 8.47. The summed E-state index contributed by atoms with van der Waals surface area (Å²) in [5.41, 5.74) is 8.71. The van der Waals surface area contributed by atoms with E-state index in [1.165, 1.54) is 5.56 Å². The first-order valence-electron chi connectivity index (χ1n) is 8.47. The Kier molecular flexibility index (Phi) is 4.74. The molecule has 0 spiro atoms. The predicted octanol–water partition coefficient (Wildman–Crippen LogP) is 4.33. The molecule has 1 atom stereocenters. The third kappa shape index (κ3) is 3.65. The molecule has 3 rings (SSSR count). The topological polar surface area (TPSA) is 66.0 Å². The van der Waals surface area contributed by atoms with E-state index in [0.29, 0.717) is 5.92 Å². The van der Waals surface area contributed by atoms with Gasteiger partial charge in [0.1, 0.15) is 5.75 Å². The van der Waals surface area contributed by atoms with Crippen molar-refractivity contribution >= 4 is 5.69 Å². The Bertz CT molecular complexity index is 852. The maximum atomic E-state index is 6.10. The summed E-state index contributed by atoms with van der Waals surface area (Å²) in [4.78, 5) is 0. The van der Waals surface area contributed by atoms with E-state index in [2.05, 4.69) is 36.2 Å². The van der Waals surface area contributed by atoms with Gasteiger partial charge in [-0.1, -0.05) is 26.0 Å². The van der Waals surface area contributed by atoms with Gasteiger partial charge in [0.25, 0.3) is 0 Å². The minimum absolute atomic E-state index is 0.206. The van der Waals surface area contributed by atoms with E-state index in [-0.39, 0.29) is 6.10 Å². The summed E-state index contributed by atoms with van der Waals surface area (Å²) in [7, 11) is 1.95. The Balaban J connectivity index is 1.82. The molecule has 0 aliphatic heterocycles. The zero-order valence-corrected chi connectivity index (χ0v) is 15.1. The fourth-order valence-corrected chi connectivity index (χ4v) is 2.78. The van der Waals surface area contributed by atoms with Crippen LogP contribution in [0.15, 0.2) is 48.5 Å². The molecule has 0 saturated heterocycles. The largest absolute Gasteiger partial charge is 0.483 e. The summed E-state index contributed by atoms with van der Waals surface area (Å²) in [6, 6.07) is 15.8. The molecule has 3 aromatic rings. The standard InChI is InChI=1S/C20H24N4O/c1-13(2)16-6-5-7-18(12-16)25-14(3)19-22-23-20(24(19)4)15-8-10-17(21)11-9-15/h5-14H,21H2,1-4H3. The van der Waals surface area contributed by atoms with E-state index in [1.54, 1.807) is 0 Å². The highest BCUT2D eigenvalue weighted by Crippen LogP contribution is 2.26. The molecule has 0 bridgehead atoms. The lowest BCUT2D eigenvalue weighted by Crippen LogP contribution is -2.10. The number of aromatic nitrogens is 3. The molecular formula is C20H24N4O. The monoisotopic (exact) mass is 336 g/mol. The van der Waals surface area contributed by atoms with Crippen LogP contribution in [-0.2, 0) is 7.05 Å². The van der Waals surface area contributed by atoms with Crippen molar-refractivity contribution in [2.24, 2.45) is 7.05 Å². The molecule has 5 nitrogen and oxygen atoms in total. The number of nitrogen functional groups attached to an aromatic ring is 1. The zero-order valence-electron chi connectivity index (χ0n) is 15.1. The zero-order chi connectivity index (χ0) is 18.0. The van der Waals surface area contributed by atoms with Gasteiger partial charge in [-0.3, -0.25) is 0 Å². The van der Waals surface area contributed by atoms with Crippen molar-refractivity contribution in [1.29, 1.82) is 0 Å². The van der Waals surface area contributed by atoms with Crippen LogP contribution in [0.2, 0.25) is 0 Å². The van der Waals surface area contributed by atoms with Crippen molar-refractivity contribution < 1.29 is 4.74 Å². The Labute approximate surface area is 148 Å². The molecule has 0 aliphatic rings. The molecule has 0 radical (unpaired) electrons. The quantitative estimate of drug-likeness (QED) is 0.704. The summed E-state index contributed by atoms with van der Waals surface area (Å²) >= 11 is 0. The second-order valence-electron chi connectivity index (χ2n) is 6.55. The summed E-state index contributed by atoms with van der Waals surface area (Å²) < 4.78 is 8.06. The third-order valence-electron chi connectivity index (χ3n) is 4.28. The van der Waals surface area contributed by atoms with Gasteiger partial charge in [-0.15, -0.1) is 10.2 Å². The van der Waals surface area contributed by atoms with Crippen LogP contribution in [0.4, 0.5) is 5.69 Å². The molecule has 1 aromatic heterocycles. The van der Waals surface area contributed by atoms with Crippen molar-refractivity contribution in [3.63, 3.8) is 0 Å². The van der Waals surface area contributed by atoms with Crippen LogP contribution in [0.5, 0.6) is 5.75 Å². The Morgan fingerprint density at radius 1 is 1.00 bits per heavy atom. The van der Waals surface area contributed by atoms with Crippen LogP contribution >= 0.6 is 0 Å². The van der Waals surface area contributed by atoms with Crippen molar-refractivity contribution in [3.05, 3.63) is 59.9 Å². The summed E-state index contributed by atoms with van der Waals surface area (Å²) in [6.07, 6.45) is -0.206. The minimum Gasteiger partial charge on any atom is -0.483 e. The molecule has 1 unspecified atom stereocenters. The predicted molar refractivity (Wildman–Crippen MR) is 100 cm³/mol. The molecule has 0 amide bonds. The van der Waals surface area contributed by atoms with Crippen LogP contribution in [0.1, 0.15) is 44.2 Å². The molecule has 0 aliphatic carbocycles. The first kappa shape index (κ1) is 17.0. The van der Waals surface area contributed by atoms with Crippen LogP contribution in [0.3, 0.4) is 0 Å². The van der Waals surface area contributed by atoms with Crippen LogP contribution in [0, 0.1) is 0 Å². The maximum Gasteiger partial charge on any atom is 0.173 e. The number of anilines is 1. The highest BCUT2D eigenvalue weighted by molar-refractivity contribution is 5.58. The molecule has 2 aromatic carbocycles. The van der Waals surface area contributed by atoms with Gasteiger partial charge in [0.05, 0.1) is 0 Å². The van der Waals surface area contributed by atoms with E-state index in [4.69, 9.17) is 10.5 Å². The number of hydrogen-bond acceptors (Lipinski definition) is 4. The Morgan fingerprint density at radius 3 is 2.40 bits per heavy atom. The first-order chi connectivity index (χ1) is 12.0. The fraction of sp³-hybridized carbons (Fsp3) is 0.300. The van der Waals surface area contributed by atoms with Gasteiger partial charge in [-0.25, -0.2) is 0 Å². The molecule has 0 fully saturated rings. The molecule has 2 N–H and O–H groups in total. The van der Waals surface area contributed by atoms with E-state index in [9.17, 15) is 0 Å². The van der Waals surface area contributed by atoms with Gasteiger partial charge in [-0.05, 0) is 54.8 Å². The summed E-state index contributed by atoms with van der Waals surface area (Å²) in [5, 5.41) is 8.64. The SMILES string of the molecule is CC(C)c1cccc(OC(C)c2nnc(-c3ccc(N)cc3)n2C)c1. The van der Waals surface area contributed by atoms with Crippen molar-refractivity contribution in [2.75, 3.05) is 5.73 Å². The van der Waals surface area contributed by atoms with Crippen molar-refractivity contribution in [1.82, 2.24) is 14.8 Å². The van der Waals surface area contributed by atoms with Gasteiger partial charge in [0.2, 0.25) is 0 Å². The van der Waals surface area contributed by atoms with Gasteiger partial charge in [0, 0.05) is 18.3 Å². The van der Waals surface area contributed by atoms with E-state index < -0.39 is 0 Å². The number of hydrogen-bond donors (Lipinski definition) is 1. The highest BCUT2D eigenvalue weighted by Gasteiger charge is 2.18. The van der Waals surface area contributed by atoms with E-state index in [0.717, 1.165) is 28.6 Å². The maximum absolute atomic E-state index is 6.10. The lowest BCUT2D eigenvalue weighted by molar-refractivity contribution is 0.212. The number of rotatable bonds is 5. The third-order valence-corrected chi connectivity index (χ3v) is 4.28. The van der Waals surface area contributed by atoms with Gasteiger partial charge in [-0.2, -0.15) is 0 Å². The summed E-state index contributed by atoms with van der Waals surface area (Å²) in [5.74, 6) is 2.88.